The van der Waals surface area contributed by atoms with Gasteiger partial charge in [0.2, 0.25) is 0 Å². The molecule has 0 aromatic carbocycles. The number of rotatable bonds is 1. The van der Waals surface area contributed by atoms with Crippen LogP contribution in [0.3, 0.4) is 0 Å². The molecule has 5 aliphatic rings. The van der Waals surface area contributed by atoms with E-state index in [0.717, 1.165) is 31.1 Å². The second-order valence-electron chi connectivity index (χ2n) is 10.5. The van der Waals surface area contributed by atoms with Gasteiger partial charge in [0.05, 0.1) is 12.2 Å². The molecule has 0 radical (unpaired) electrons. The molecule has 3 saturated carbocycles. The van der Waals surface area contributed by atoms with Crippen LogP contribution < -0.4 is 0 Å². The first-order valence-corrected chi connectivity index (χ1v) is 10.5. The molecule has 4 aliphatic carbocycles. The topological polar surface area (TPSA) is 72.8 Å². The van der Waals surface area contributed by atoms with Crippen LogP contribution in [-0.4, -0.2) is 40.8 Å². The van der Waals surface area contributed by atoms with Crippen molar-refractivity contribution in [2.24, 2.45) is 28.6 Å². The zero-order valence-electron chi connectivity index (χ0n) is 17.1. The van der Waals surface area contributed by atoms with Gasteiger partial charge in [0.1, 0.15) is 0 Å². The smallest absolute Gasteiger partial charge is 0.178 e. The number of hydrogen-bond acceptors (Lipinski definition) is 5. The van der Waals surface area contributed by atoms with Crippen LogP contribution >= 0.6 is 0 Å². The molecular formula is C23H30O5. The maximum absolute atomic E-state index is 12.4. The molecule has 0 aromatic rings. The number of allylic oxidation sites excluding steroid dienone is 4. The van der Waals surface area contributed by atoms with E-state index >= 15 is 0 Å². The molecule has 6 unspecified atom stereocenters. The van der Waals surface area contributed by atoms with E-state index in [1.165, 1.54) is 0 Å². The second-order valence-corrected chi connectivity index (χ2v) is 10.5. The number of hydrogen-bond donors (Lipinski definition) is 1. The molecule has 1 N–H and O–H groups in total. The number of ketones is 1. The Hall–Kier alpha value is -1.30. The van der Waals surface area contributed by atoms with Gasteiger partial charge in [0.25, 0.3) is 0 Å². The molecule has 5 heteroatoms. The molecule has 1 heterocycles. The lowest BCUT2D eigenvalue weighted by Crippen LogP contribution is -2.61. The van der Waals surface area contributed by atoms with Crippen LogP contribution in [0.25, 0.3) is 0 Å². The minimum absolute atomic E-state index is 0.0420. The Morgan fingerprint density at radius 3 is 2.71 bits per heavy atom. The van der Waals surface area contributed by atoms with E-state index < -0.39 is 22.9 Å². The Balaban J connectivity index is 1.57. The number of aliphatic hydroxyl groups is 1. The third-order valence-electron chi connectivity index (χ3n) is 8.74. The van der Waals surface area contributed by atoms with Gasteiger partial charge in [-0.2, -0.15) is 0 Å². The lowest BCUT2D eigenvalue weighted by molar-refractivity contribution is -0.219. The van der Waals surface area contributed by atoms with Crippen LogP contribution in [0, 0.1) is 28.6 Å². The summed E-state index contributed by atoms with van der Waals surface area (Å²) >= 11 is 0. The van der Waals surface area contributed by atoms with Crippen LogP contribution in [0.2, 0.25) is 0 Å². The summed E-state index contributed by atoms with van der Waals surface area (Å²) in [4.78, 5) is 24.3. The van der Waals surface area contributed by atoms with E-state index in [1.807, 2.05) is 19.9 Å². The van der Waals surface area contributed by atoms with Crippen LogP contribution in [0.4, 0.5) is 0 Å². The van der Waals surface area contributed by atoms with Gasteiger partial charge in [-0.25, -0.2) is 0 Å². The Morgan fingerprint density at radius 2 is 2.00 bits per heavy atom. The summed E-state index contributed by atoms with van der Waals surface area (Å²) in [5.41, 5.74) is -0.618. The first kappa shape index (κ1) is 18.7. The van der Waals surface area contributed by atoms with Crippen LogP contribution in [-0.2, 0) is 19.1 Å². The van der Waals surface area contributed by atoms with Crippen molar-refractivity contribution in [2.75, 3.05) is 0 Å². The van der Waals surface area contributed by atoms with Crippen molar-refractivity contribution in [3.63, 3.8) is 0 Å². The van der Waals surface area contributed by atoms with Gasteiger partial charge < -0.3 is 14.6 Å². The normalized spacial score (nSPS) is 53.7. The summed E-state index contributed by atoms with van der Waals surface area (Å²) in [5, 5.41) is 11.4. The Kier molecular flexibility index (Phi) is 3.63. The quantitative estimate of drug-likeness (QED) is 0.702. The van der Waals surface area contributed by atoms with E-state index in [-0.39, 0.29) is 35.1 Å². The lowest BCUT2D eigenvalue weighted by Gasteiger charge is -2.59. The highest BCUT2D eigenvalue weighted by Gasteiger charge is 2.74. The van der Waals surface area contributed by atoms with E-state index in [9.17, 15) is 14.7 Å². The van der Waals surface area contributed by atoms with Crippen molar-refractivity contribution in [1.82, 2.24) is 0 Å². The van der Waals surface area contributed by atoms with Gasteiger partial charge in [0.15, 0.2) is 23.5 Å². The highest BCUT2D eigenvalue weighted by molar-refractivity contribution is 6.01. The zero-order chi connectivity index (χ0) is 20.1. The van der Waals surface area contributed by atoms with Gasteiger partial charge in [-0.3, -0.25) is 9.59 Å². The van der Waals surface area contributed by atoms with Crippen molar-refractivity contribution < 1.29 is 24.2 Å². The molecule has 4 fully saturated rings. The average molecular weight is 386 g/mol. The third kappa shape index (κ3) is 2.08. The first-order valence-electron chi connectivity index (χ1n) is 10.5. The molecule has 8 atom stereocenters. The zero-order valence-corrected chi connectivity index (χ0v) is 17.1. The van der Waals surface area contributed by atoms with Gasteiger partial charge >= 0.3 is 0 Å². The summed E-state index contributed by atoms with van der Waals surface area (Å²) in [6.45, 7) is 8.00. The van der Waals surface area contributed by atoms with Gasteiger partial charge in [-0.15, -0.1) is 0 Å². The predicted molar refractivity (Wildman–Crippen MR) is 102 cm³/mol. The number of fused-ring (bicyclic) bond motifs is 7. The molecule has 1 saturated heterocycles. The van der Waals surface area contributed by atoms with Crippen molar-refractivity contribution in [3.05, 3.63) is 23.8 Å². The highest BCUT2D eigenvalue weighted by atomic mass is 16.8. The third-order valence-corrected chi connectivity index (χ3v) is 8.74. The predicted octanol–water partition coefficient (Wildman–Crippen LogP) is 2.96. The standard InChI is InChI=1S/C23H30O5/c1-20(2)27-18-10-16-15-6-5-13-9-14(25)7-8-21(13,3)19(15)17(26)11-22(16,4)23(18,12-24)28-20/h7-9,12,15-19,26H,5-6,10-11H2,1-4H3/t15?,16?,17?,18-,19?,21?,22?,23-/m1/s1. The van der Waals surface area contributed by atoms with Crippen LogP contribution in [0.15, 0.2) is 23.8 Å². The summed E-state index contributed by atoms with van der Waals surface area (Å²) in [5.74, 6) is -0.184. The van der Waals surface area contributed by atoms with E-state index in [4.69, 9.17) is 9.47 Å². The molecule has 0 aromatic heterocycles. The number of carbonyl (C=O) groups excluding carboxylic acids is 2. The summed E-state index contributed by atoms with van der Waals surface area (Å²) in [6.07, 6.45) is 8.63. The van der Waals surface area contributed by atoms with E-state index in [1.54, 1.807) is 12.2 Å². The van der Waals surface area contributed by atoms with Crippen molar-refractivity contribution in [2.45, 2.75) is 77.0 Å². The Morgan fingerprint density at radius 1 is 1.25 bits per heavy atom. The first-order chi connectivity index (χ1) is 13.1. The minimum atomic E-state index is -0.998. The summed E-state index contributed by atoms with van der Waals surface area (Å²) in [7, 11) is 0. The number of aliphatic hydroxyl groups excluding tert-OH is 1. The van der Waals surface area contributed by atoms with Gasteiger partial charge in [-0.05, 0) is 63.5 Å². The van der Waals surface area contributed by atoms with E-state index in [2.05, 4.69) is 13.8 Å². The fourth-order valence-corrected chi connectivity index (χ4v) is 7.66. The lowest BCUT2D eigenvalue weighted by atomic mass is 9.46. The fraction of sp³-hybridized carbons (Fsp3) is 0.739. The van der Waals surface area contributed by atoms with Crippen LogP contribution in [0.1, 0.15) is 53.4 Å². The van der Waals surface area contributed by atoms with Crippen molar-refractivity contribution in [1.29, 1.82) is 0 Å². The number of aldehydes is 1. The maximum atomic E-state index is 12.4. The Bertz CT molecular complexity index is 812. The second kappa shape index (κ2) is 5.44. The largest absolute Gasteiger partial charge is 0.393 e. The molecule has 152 valence electrons. The fourth-order valence-electron chi connectivity index (χ4n) is 7.66. The molecule has 5 rings (SSSR count). The average Bonchev–Trinajstić information content (AvgIpc) is 3.01. The highest BCUT2D eigenvalue weighted by Crippen LogP contribution is 2.69. The number of carbonyl (C=O) groups is 2. The molecule has 1 aliphatic heterocycles. The Labute approximate surface area is 166 Å². The van der Waals surface area contributed by atoms with Crippen molar-refractivity contribution in [3.8, 4) is 0 Å². The van der Waals surface area contributed by atoms with Gasteiger partial charge in [0, 0.05) is 16.7 Å². The van der Waals surface area contributed by atoms with Gasteiger partial charge in [-0.1, -0.05) is 25.5 Å². The minimum Gasteiger partial charge on any atom is -0.393 e. The molecule has 5 nitrogen and oxygen atoms in total. The molecule has 28 heavy (non-hydrogen) atoms. The van der Waals surface area contributed by atoms with Crippen LogP contribution in [0.5, 0.6) is 0 Å². The molecule has 0 spiro atoms. The molecular weight excluding hydrogens is 356 g/mol. The van der Waals surface area contributed by atoms with E-state index in [0.29, 0.717) is 6.42 Å². The monoisotopic (exact) mass is 386 g/mol. The maximum Gasteiger partial charge on any atom is 0.178 e. The van der Waals surface area contributed by atoms with Crippen molar-refractivity contribution >= 4 is 12.1 Å². The molecule has 0 bridgehead atoms. The summed E-state index contributed by atoms with van der Waals surface area (Å²) < 4.78 is 12.5. The number of ether oxygens (including phenoxy) is 2. The SMILES string of the molecule is CC1(C)O[C@@H]2CC3C4CCC5=CC(=O)C=CC5(C)C4C(O)CC3(C)[C@]2(C=O)O1. The summed E-state index contributed by atoms with van der Waals surface area (Å²) in [6, 6.07) is 0. The molecule has 0 amide bonds.